The lowest BCUT2D eigenvalue weighted by atomic mass is 10.4. The molecule has 0 aromatic carbocycles. The van der Waals surface area contributed by atoms with Crippen LogP contribution >= 0.6 is 11.3 Å². The Morgan fingerprint density at radius 2 is 2.30 bits per heavy atom. The van der Waals surface area contributed by atoms with E-state index in [1.807, 2.05) is 22.2 Å². The van der Waals surface area contributed by atoms with E-state index in [0.29, 0.717) is 18.8 Å². The maximum absolute atomic E-state index is 11.1. The van der Waals surface area contributed by atoms with E-state index < -0.39 is 0 Å². The maximum atomic E-state index is 11.1. The van der Waals surface area contributed by atoms with Crippen molar-refractivity contribution in [1.29, 1.82) is 0 Å². The number of hydrogen-bond acceptors (Lipinski definition) is 6. The fraction of sp³-hybridized carbons (Fsp3) is 0.273. The summed E-state index contributed by atoms with van der Waals surface area (Å²) in [6.07, 6.45) is 5.71. The summed E-state index contributed by atoms with van der Waals surface area (Å²) in [5, 5.41) is 12.6. The molecule has 8 nitrogen and oxygen atoms in total. The predicted molar refractivity (Wildman–Crippen MR) is 73.1 cm³/mol. The number of fused-ring (bicyclic) bond motifs is 1. The largest absolute Gasteiger partial charge is 0.349 e. The van der Waals surface area contributed by atoms with Crippen LogP contribution < -0.4 is 11.1 Å². The van der Waals surface area contributed by atoms with E-state index in [1.54, 1.807) is 22.2 Å². The van der Waals surface area contributed by atoms with E-state index in [1.165, 1.54) is 0 Å². The first-order valence-electron chi connectivity index (χ1n) is 6.01. The van der Waals surface area contributed by atoms with Gasteiger partial charge in [0.25, 0.3) is 0 Å². The van der Waals surface area contributed by atoms with Crippen LogP contribution in [0, 0.1) is 0 Å². The highest BCUT2D eigenvalue weighted by atomic mass is 32.1. The minimum atomic E-state index is -0.214. The summed E-state index contributed by atoms with van der Waals surface area (Å²) in [7, 11) is 0. The van der Waals surface area contributed by atoms with Crippen molar-refractivity contribution in [2.75, 3.05) is 6.54 Å². The van der Waals surface area contributed by atoms with Crippen molar-refractivity contribution < 1.29 is 4.79 Å². The molecule has 0 fully saturated rings. The number of amides is 1. The molecule has 3 N–H and O–H groups in total. The van der Waals surface area contributed by atoms with Gasteiger partial charge in [0.15, 0.2) is 4.96 Å². The monoisotopic (exact) mass is 291 g/mol. The van der Waals surface area contributed by atoms with Gasteiger partial charge in [-0.1, -0.05) is 5.21 Å². The fourth-order valence-corrected chi connectivity index (χ4v) is 2.50. The summed E-state index contributed by atoms with van der Waals surface area (Å²) in [6, 6.07) is 0. The van der Waals surface area contributed by atoms with E-state index in [0.717, 1.165) is 10.7 Å². The van der Waals surface area contributed by atoms with Gasteiger partial charge < -0.3 is 11.1 Å². The number of carbonyl (C=O) groups is 1. The second-order valence-electron chi connectivity index (χ2n) is 4.21. The number of nitrogens with zero attached hydrogens (tertiary/aromatic N) is 5. The Labute approximate surface area is 118 Å². The minimum absolute atomic E-state index is 0.0282. The van der Waals surface area contributed by atoms with Crippen LogP contribution in [0.25, 0.3) is 4.96 Å². The lowest BCUT2D eigenvalue weighted by Gasteiger charge is -1.98. The second kappa shape index (κ2) is 5.39. The summed E-state index contributed by atoms with van der Waals surface area (Å²) >= 11 is 1.58. The third kappa shape index (κ3) is 2.68. The van der Waals surface area contributed by atoms with Crippen molar-refractivity contribution in [2.24, 2.45) is 5.73 Å². The zero-order valence-electron chi connectivity index (χ0n) is 10.6. The van der Waals surface area contributed by atoms with Gasteiger partial charge >= 0.3 is 0 Å². The molecule has 0 atom stereocenters. The maximum Gasteiger partial charge on any atom is 0.234 e. The molecule has 0 bridgehead atoms. The summed E-state index contributed by atoms with van der Waals surface area (Å²) in [4.78, 5) is 16.5. The molecule has 0 saturated carbocycles. The molecule has 0 radical (unpaired) electrons. The smallest absolute Gasteiger partial charge is 0.234 e. The van der Waals surface area contributed by atoms with Crippen molar-refractivity contribution in [2.45, 2.75) is 13.1 Å². The first-order chi connectivity index (χ1) is 9.74. The first-order valence-corrected chi connectivity index (χ1v) is 6.89. The summed E-state index contributed by atoms with van der Waals surface area (Å²) in [6.45, 7) is 0.847. The Hall–Kier alpha value is -2.26. The highest BCUT2D eigenvalue weighted by molar-refractivity contribution is 7.15. The van der Waals surface area contributed by atoms with Crippen LogP contribution in [-0.4, -0.2) is 36.8 Å². The predicted octanol–water partition coefficient (Wildman–Crippen LogP) is -0.389. The molecule has 0 saturated heterocycles. The van der Waals surface area contributed by atoms with Gasteiger partial charge in [0, 0.05) is 17.8 Å². The third-order valence-corrected chi connectivity index (χ3v) is 3.48. The standard InChI is InChI=1S/C11H13N7OS/c12-3-10(19)13-4-8-6-18(16-15-8)7-9-5-17-1-2-20-11(17)14-9/h1-2,5-6H,3-4,7,12H2,(H,13,19). The molecule has 3 heterocycles. The topological polar surface area (TPSA) is 103 Å². The highest BCUT2D eigenvalue weighted by Gasteiger charge is 2.06. The van der Waals surface area contributed by atoms with Crippen LogP contribution in [0.5, 0.6) is 0 Å². The molecule has 0 unspecified atom stereocenters. The molecule has 104 valence electrons. The summed E-state index contributed by atoms with van der Waals surface area (Å²) in [5.74, 6) is -0.214. The van der Waals surface area contributed by atoms with Crippen LogP contribution in [0.3, 0.4) is 0 Å². The number of nitrogens with two attached hydrogens (primary N) is 1. The van der Waals surface area contributed by atoms with Crippen LogP contribution in [0.15, 0.2) is 24.0 Å². The molecular formula is C11H13N7OS. The van der Waals surface area contributed by atoms with E-state index in [2.05, 4.69) is 20.6 Å². The molecule has 0 spiro atoms. The van der Waals surface area contributed by atoms with Gasteiger partial charge in [-0.25, -0.2) is 9.67 Å². The van der Waals surface area contributed by atoms with Crippen LogP contribution in [-0.2, 0) is 17.9 Å². The van der Waals surface area contributed by atoms with Crippen molar-refractivity contribution in [3.05, 3.63) is 35.4 Å². The van der Waals surface area contributed by atoms with Gasteiger partial charge in [-0.2, -0.15) is 0 Å². The van der Waals surface area contributed by atoms with E-state index in [-0.39, 0.29) is 12.5 Å². The average molecular weight is 291 g/mol. The Balaban J connectivity index is 1.64. The Morgan fingerprint density at radius 1 is 1.40 bits per heavy atom. The number of aromatic nitrogens is 5. The van der Waals surface area contributed by atoms with Gasteiger partial charge in [-0.3, -0.25) is 9.20 Å². The minimum Gasteiger partial charge on any atom is -0.349 e. The van der Waals surface area contributed by atoms with Crippen molar-refractivity contribution in [3.8, 4) is 0 Å². The molecule has 3 aromatic rings. The van der Waals surface area contributed by atoms with Gasteiger partial charge in [-0.05, 0) is 0 Å². The first kappa shape index (κ1) is 12.8. The number of thiazole rings is 1. The molecule has 0 aliphatic rings. The van der Waals surface area contributed by atoms with E-state index >= 15 is 0 Å². The fourth-order valence-electron chi connectivity index (χ4n) is 1.78. The van der Waals surface area contributed by atoms with Crippen molar-refractivity contribution in [3.63, 3.8) is 0 Å². The number of hydrogen-bond donors (Lipinski definition) is 2. The van der Waals surface area contributed by atoms with Gasteiger partial charge in [-0.15, -0.1) is 16.4 Å². The number of imidazole rings is 1. The molecule has 0 aliphatic carbocycles. The lowest BCUT2D eigenvalue weighted by molar-refractivity contribution is -0.119. The highest BCUT2D eigenvalue weighted by Crippen LogP contribution is 2.11. The van der Waals surface area contributed by atoms with E-state index in [4.69, 9.17) is 5.73 Å². The normalized spacial score (nSPS) is 11.1. The number of carbonyl (C=O) groups excluding carboxylic acids is 1. The zero-order chi connectivity index (χ0) is 13.9. The molecule has 9 heteroatoms. The quantitative estimate of drug-likeness (QED) is 0.666. The molecule has 3 rings (SSSR count). The number of nitrogens with one attached hydrogen (secondary N) is 1. The number of rotatable bonds is 5. The van der Waals surface area contributed by atoms with Crippen molar-refractivity contribution >= 4 is 22.2 Å². The zero-order valence-corrected chi connectivity index (χ0v) is 11.4. The third-order valence-electron chi connectivity index (χ3n) is 2.71. The van der Waals surface area contributed by atoms with Gasteiger partial charge in [0.1, 0.15) is 5.69 Å². The van der Waals surface area contributed by atoms with Crippen LogP contribution in [0.4, 0.5) is 0 Å². The molecular weight excluding hydrogens is 278 g/mol. The van der Waals surface area contributed by atoms with Crippen LogP contribution in [0.2, 0.25) is 0 Å². The molecule has 20 heavy (non-hydrogen) atoms. The second-order valence-corrected chi connectivity index (χ2v) is 5.09. The van der Waals surface area contributed by atoms with Gasteiger partial charge in [0.05, 0.1) is 31.5 Å². The Bertz CT molecular complexity index is 699. The lowest BCUT2D eigenvalue weighted by Crippen LogP contribution is -2.29. The average Bonchev–Trinajstić information content (AvgIpc) is 3.12. The molecule has 0 aliphatic heterocycles. The Kier molecular flexibility index (Phi) is 3.44. The SMILES string of the molecule is NCC(=O)NCc1cn(Cc2cn3ccsc3n2)nn1. The Morgan fingerprint density at radius 3 is 3.10 bits per heavy atom. The summed E-state index contributed by atoms with van der Waals surface area (Å²) in [5.41, 5.74) is 6.81. The van der Waals surface area contributed by atoms with Crippen LogP contribution in [0.1, 0.15) is 11.4 Å². The molecule has 3 aromatic heterocycles. The summed E-state index contributed by atoms with van der Waals surface area (Å²) < 4.78 is 3.66. The van der Waals surface area contributed by atoms with Gasteiger partial charge in [0.2, 0.25) is 5.91 Å². The van der Waals surface area contributed by atoms with E-state index in [9.17, 15) is 4.79 Å². The molecule has 1 amide bonds. The van der Waals surface area contributed by atoms with Crippen molar-refractivity contribution in [1.82, 2.24) is 29.7 Å².